The first-order valence-electron chi connectivity index (χ1n) is 10.8. The summed E-state index contributed by atoms with van der Waals surface area (Å²) in [6.45, 7) is 5.42. The Bertz CT molecular complexity index is 1150. The van der Waals surface area contributed by atoms with E-state index in [-0.39, 0.29) is 19.1 Å². The van der Waals surface area contributed by atoms with Gasteiger partial charge in [-0.3, -0.25) is 9.89 Å². The van der Waals surface area contributed by atoms with Crippen molar-refractivity contribution in [3.05, 3.63) is 70.3 Å². The fourth-order valence-corrected chi connectivity index (χ4v) is 4.04. The number of amides is 1. The Hall–Kier alpha value is -3.63. The lowest BCUT2D eigenvalue weighted by Crippen LogP contribution is -2.48. The van der Waals surface area contributed by atoms with Crippen molar-refractivity contribution in [3.8, 4) is 23.2 Å². The van der Waals surface area contributed by atoms with Crippen LogP contribution in [0.2, 0.25) is 0 Å². The number of rotatable bonds is 7. The Labute approximate surface area is 187 Å². The third kappa shape index (κ3) is 4.10. The van der Waals surface area contributed by atoms with Crippen molar-refractivity contribution >= 4 is 5.91 Å². The SMILES string of the molecule is CCc1ccc(C(=O)N2CC(c3ccc(C#N)cc3)C2)cc1-c1[nH]nc(OCCO)c1C. The molecule has 3 aromatic rings. The summed E-state index contributed by atoms with van der Waals surface area (Å²) in [5.74, 6) is 0.760. The largest absolute Gasteiger partial charge is 0.474 e. The van der Waals surface area contributed by atoms with E-state index in [2.05, 4.69) is 23.2 Å². The number of hydrogen-bond acceptors (Lipinski definition) is 5. The number of aryl methyl sites for hydroxylation is 1. The second kappa shape index (κ2) is 9.25. The van der Waals surface area contributed by atoms with Gasteiger partial charge in [-0.25, -0.2) is 0 Å². The van der Waals surface area contributed by atoms with Gasteiger partial charge in [0.1, 0.15) is 6.61 Å². The number of nitrogens with one attached hydrogen (secondary N) is 1. The van der Waals surface area contributed by atoms with Gasteiger partial charge >= 0.3 is 0 Å². The van der Waals surface area contributed by atoms with Gasteiger partial charge in [0.05, 0.1) is 23.9 Å². The average Bonchev–Trinajstić information content (AvgIpc) is 3.16. The molecule has 1 aliphatic heterocycles. The van der Waals surface area contributed by atoms with E-state index in [0.29, 0.717) is 36.0 Å². The summed E-state index contributed by atoms with van der Waals surface area (Å²) in [5.41, 5.74) is 6.16. The fraction of sp³-hybridized carbons (Fsp3) is 0.320. The van der Waals surface area contributed by atoms with Crippen LogP contribution in [-0.2, 0) is 6.42 Å². The quantitative estimate of drug-likeness (QED) is 0.598. The lowest BCUT2D eigenvalue weighted by atomic mass is 9.90. The van der Waals surface area contributed by atoms with Crippen LogP contribution in [0.4, 0.5) is 0 Å². The molecule has 1 amide bonds. The van der Waals surface area contributed by atoms with Crippen molar-refractivity contribution in [2.75, 3.05) is 26.3 Å². The van der Waals surface area contributed by atoms with Gasteiger partial charge in [-0.15, -0.1) is 5.10 Å². The van der Waals surface area contributed by atoms with Crippen LogP contribution in [0.1, 0.15) is 45.5 Å². The Morgan fingerprint density at radius 1 is 1.28 bits per heavy atom. The molecule has 1 aliphatic rings. The number of aromatic nitrogens is 2. The van der Waals surface area contributed by atoms with E-state index in [1.165, 1.54) is 0 Å². The van der Waals surface area contributed by atoms with E-state index in [4.69, 9.17) is 15.1 Å². The van der Waals surface area contributed by atoms with E-state index in [9.17, 15) is 4.79 Å². The zero-order valence-electron chi connectivity index (χ0n) is 18.3. The molecule has 1 aromatic heterocycles. The molecule has 0 spiro atoms. The van der Waals surface area contributed by atoms with E-state index >= 15 is 0 Å². The summed E-state index contributed by atoms with van der Waals surface area (Å²) in [4.78, 5) is 15.0. The van der Waals surface area contributed by atoms with Gasteiger partial charge in [0.25, 0.3) is 5.91 Å². The number of ether oxygens (including phenoxy) is 1. The average molecular weight is 431 g/mol. The molecule has 0 saturated carbocycles. The number of carbonyl (C=O) groups excluding carboxylic acids is 1. The molecule has 0 aliphatic carbocycles. The minimum Gasteiger partial charge on any atom is -0.474 e. The van der Waals surface area contributed by atoms with E-state index in [0.717, 1.165) is 34.4 Å². The van der Waals surface area contributed by atoms with Crippen molar-refractivity contribution in [2.24, 2.45) is 0 Å². The maximum atomic E-state index is 13.1. The zero-order valence-corrected chi connectivity index (χ0v) is 18.3. The highest BCUT2D eigenvalue weighted by Crippen LogP contribution is 2.33. The zero-order chi connectivity index (χ0) is 22.7. The first-order valence-corrected chi connectivity index (χ1v) is 10.8. The molecule has 1 saturated heterocycles. The van der Waals surface area contributed by atoms with E-state index in [1.807, 2.05) is 54.3 Å². The van der Waals surface area contributed by atoms with E-state index in [1.54, 1.807) is 0 Å². The lowest BCUT2D eigenvalue weighted by Gasteiger charge is -2.39. The lowest BCUT2D eigenvalue weighted by molar-refractivity contribution is 0.0602. The Morgan fingerprint density at radius 3 is 2.69 bits per heavy atom. The van der Waals surface area contributed by atoms with Crippen LogP contribution in [0.5, 0.6) is 5.88 Å². The number of likely N-dealkylation sites (tertiary alicyclic amines) is 1. The third-order valence-corrected chi connectivity index (χ3v) is 5.98. The highest BCUT2D eigenvalue weighted by Gasteiger charge is 2.32. The Kier molecular flexibility index (Phi) is 6.24. The highest BCUT2D eigenvalue weighted by atomic mass is 16.5. The molecule has 2 aromatic carbocycles. The normalized spacial score (nSPS) is 13.5. The van der Waals surface area contributed by atoms with Gasteiger partial charge in [-0.05, 0) is 48.7 Å². The summed E-state index contributed by atoms with van der Waals surface area (Å²) in [7, 11) is 0. The second-order valence-electron chi connectivity index (χ2n) is 7.97. The fourth-order valence-electron chi connectivity index (χ4n) is 4.04. The number of aliphatic hydroxyl groups is 1. The van der Waals surface area contributed by atoms with Crippen LogP contribution in [0.25, 0.3) is 11.3 Å². The first kappa shape index (κ1) is 21.6. The van der Waals surface area contributed by atoms with Crippen LogP contribution in [-0.4, -0.2) is 52.4 Å². The molecule has 0 atom stereocenters. The van der Waals surface area contributed by atoms with Crippen molar-refractivity contribution in [2.45, 2.75) is 26.2 Å². The Morgan fingerprint density at radius 2 is 2.03 bits per heavy atom. The predicted octanol–water partition coefficient (Wildman–Crippen LogP) is 3.43. The van der Waals surface area contributed by atoms with Crippen LogP contribution in [0.15, 0.2) is 42.5 Å². The van der Waals surface area contributed by atoms with Gasteiger partial charge in [0.15, 0.2) is 0 Å². The molecule has 0 bridgehead atoms. The van der Waals surface area contributed by atoms with Crippen LogP contribution < -0.4 is 4.74 Å². The summed E-state index contributed by atoms with van der Waals surface area (Å²) >= 11 is 0. The Balaban J connectivity index is 1.52. The molecule has 2 heterocycles. The van der Waals surface area contributed by atoms with Crippen LogP contribution >= 0.6 is 0 Å². The van der Waals surface area contributed by atoms with Crippen molar-refractivity contribution in [1.29, 1.82) is 5.26 Å². The number of benzene rings is 2. The summed E-state index contributed by atoms with van der Waals surface area (Å²) < 4.78 is 5.49. The first-order chi connectivity index (χ1) is 15.5. The molecule has 32 heavy (non-hydrogen) atoms. The molecule has 0 unspecified atom stereocenters. The summed E-state index contributed by atoms with van der Waals surface area (Å²) in [6, 6.07) is 15.5. The van der Waals surface area contributed by atoms with Crippen molar-refractivity contribution in [3.63, 3.8) is 0 Å². The smallest absolute Gasteiger partial charge is 0.253 e. The predicted molar refractivity (Wildman–Crippen MR) is 121 cm³/mol. The second-order valence-corrected chi connectivity index (χ2v) is 7.97. The topological polar surface area (TPSA) is 102 Å². The van der Waals surface area contributed by atoms with Crippen molar-refractivity contribution < 1.29 is 14.6 Å². The monoisotopic (exact) mass is 430 g/mol. The number of H-pyrrole nitrogens is 1. The molecule has 0 radical (unpaired) electrons. The van der Waals surface area contributed by atoms with E-state index < -0.39 is 0 Å². The molecule has 2 N–H and O–H groups in total. The van der Waals surface area contributed by atoms with Crippen LogP contribution in [0, 0.1) is 18.3 Å². The molecule has 7 heteroatoms. The molecule has 1 fully saturated rings. The maximum Gasteiger partial charge on any atom is 0.253 e. The van der Waals surface area contributed by atoms with Gasteiger partial charge in [-0.2, -0.15) is 5.26 Å². The van der Waals surface area contributed by atoms with Gasteiger partial charge in [0, 0.05) is 35.7 Å². The summed E-state index contributed by atoms with van der Waals surface area (Å²) in [5, 5.41) is 25.2. The number of aromatic amines is 1. The van der Waals surface area contributed by atoms with Gasteiger partial charge in [0.2, 0.25) is 5.88 Å². The van der Waals surface area contributed by atoms with Crippen LogP contribution in [0.3, 0.4) is 0 Å². The van der Waals surface area contributed by atoms with Crippen molar-refractivity contribution in [1.82, 2.24) is 15.1 Å². The number of nitriles is 1. The number of nitrogens with zero attached hydrogens (tertiary/aromatic N) is 3. The molecule has 4 rings (SSSR count). The number of carbonyl (C=O) groups is 1. The molecule has 7 nitrogen and oxygen atoms in total. The van der Waals surface area contributed by atoms with Gasteiger partial charge < -0.3 is 14.7 Å². The highest BCUT2D eigenvalue weighted by molar-refractivity contribution is 5.96. The minimum atomic E-state index is -0.0782. The maximum absolute atomic E-state index is 13.1. The summed E-state index contributed by atoms with van der Waals surface area (Å²) in [6.07, 6.45) is 0.819. The van der Waals surface area contributed by atoms with Gasteiger partial charge in [-0.1, -0.05) is 25.1 Å². The molecule has 164 valence electrons. The molecular weight excluding hydrogens is 404 g/mol. The number of hydrogen-bond donors (Lipinski definition) is 2. The number of aliphatic hydroxyl groups excluding tert-OH is 1. The molecular formula is C25H26N4O3. The minimum absolute atomic E-state index is 0.00715. The standard InChI is InChI=1S/C25H26N4O3/c1-3-18-8-9-20(12-22(18)23-16(2)24(28-27-23)32-11-10-30)25(31)29-14-21(15-29)19-6-4-17(13-26)5-7-19/h4-9,12,21,30H,3,10-11,14-15H2,1-2H3,(H,27,28). The third-order valence-electron chi connectivity index (χ3n) is 5.98.